The van der Waals surface area contributed by atoms with E-state index in [4.69, 9.17) is 23.7 Å². The number of aryl methyl sites for hydroxylation is 2. The predicted octanol–water partition coefficient (Wildman–Crippen LogP) is 7.15. The van der Waals surface area contributed by atoms with Crippen molar-refractivity contribution >= 4 is 15.8 Å². The van der Waals surface area contributed by atoms with E-state index in [0.717, 1.165) is 39.1 Å². The van der Waals surface area contributed by atoms with E-state index in [2.05, 4.69) is 6.07 Å². The number of carbonyl (C=O) groups excluding carboxylic acids is 1. The Hall–Kier alpha value is -4.50. The third-order valence-electron chi connectivity index (χ3n) is 7.15. The maximum Gasteiger partial charge on any atom is 0.303 e. The minimum absolute atomic E-state index is 0.0887. The number of hydrogen-bond donors (Lipinski definition) is 0. The van der Waals surface area contributed by atoms with Crippen LogP contribution in [0.1, 0.15) is 41.7 Å². The molecule has 0 unspecified atom stereocenters. The molecule has 1 aliphatic heterocycles. The summed E-state index contributed by atoms with van der Waals surface area (Å²) in [7, 11) is -3.03. The molecule has 4 aromatic rings. The average Bonchev–Trinajstić information content (AvgIpc) is 3.36. The second-order valence-electron chi connectivity index (χ2n) is 10.9. The summed E-state index contributed by atoms with van der Waals surface area (Å²) in [6, 6.07) is 25.1. The van der Waals surface area contributed by atoms with Gasteiger partial charge in [-0.05, 0) is 91.1 Å². The van der Waals surface area contributed by atoms with Gasteiger partial charge in [0.2, 0.25) is 0 Å². The Morgan fingerprint density at radius 3 is 2.34 bits per heavy atom. The molecule has 4 aromatic carbocycles. The van der Waals surface area contributed by atoms with E-state index in [1.807, 2.05) is 86.6 Å². The lowest BCUT2D eigenvalue weighted by Crippen LogP contribution is -2.09. The number of benzene rings is 4. The second-order valence-corrected chi connectivity index (χ2v) is 13.2. The topological polar surface area (TPSA) is 97.4 Å². The molecule has 0 N–H and O–H groups in total. The molecular weight excluding hydrogens is 580 g/mol. The molecule has 9 heteroatoms. The summed E-state index contributed by atoms with van der Waals surface area (Å²) in [6.45, 7) is 6.34. The van der Waals surface area contributed by atoms with Crippen LogP contribution in [-0.4, -0.2) is 39.6 Å². The molecule has 1 atom stereocenters. The molecule has 0 saturated heterocycles. The first-order valence-electron chi connectivity index (χ1n) is 14.4. The summed E-state index contributed by atoms with van der Waals surface area (Å²) < 4.78 is 52.4. The van der Waals surface area contributed by atoms with Crippen molar-refractivity contribution in [2.24, 2.45) is 0 Å². The zero-order valence-electron chi connectivity index (χ0n) is 25.3. The van der Waals surface area contributed by atoms with Gasteiger partial charge in [-0.15, -0.1) is 0 Å². The number of para-hydroxylation sites is 1. The van der Waals surface area contributed by atoms with Crippen LogP contribution in [0.2, 0.25) is 0 Å². The van der Waals surface area contributed by atoms with Crippen molar-refractivity contribution in [2.45, 2.75) is 39.9 Å². The lowest BCUT2D eigenvalue weighted by molar-refractivity contribution is -0.147. The van der Waals surface area contributed by atoms with Crippen molar-refractivity contribution in [1.82, 2.24) is 0 Å². The van der Waals surface area contributed by atoms with Crippen LogP contribution in [0.25, 0.3) is 11.1 Å². The molecule has 0 spiro atoms. The first kappa shape index (κ1) is 30.9. The Labute approximate surface area is 258 Å². The Balaban J connectivity index is 1.38. The van der Waals surface area contributed by atoms with Crippen molar-refractivity contribution in [1.29, 1.82) is 0 Å². The SMILES string of the molecule is CC(=O)O[C@@H]1COc2cc(OCc3ccc(Oc4ccccc4)c(-c4c(C)cc(OCCCS(C)(=O)=O)cc4C)c3)ccc21. The van der Waals surface area contributed by atoms with E-state index in [1.165, 1.54) is 13.2 Å². The van der Waals surface area contributed by atoms with E-state index in [9.17, 15) is 13.2 Å². The van der Waals surface area contributed by atoms with Gasteiger partial charge in [-0.1, -0.05) is 24.3 Å². The van der Waals surface area contributed by atoms with Gasteiger partial charge >= 0.3 is 5.97 Å². The molecule has 0 bridgehead atoms. The Morgan fingerprint density at radius 1 is 0.886 bits per heavy atom. The summed E-state index contributed by atoms with van der Waals surface area (Å²) in [6.07, 6.45) is 1.25. The molecule has 0 radical (unpaired) electrons. The van der Waals surface area contributed by atoms with Gasteiger partial charge < -0.3 is 23.7 Å². The van der Waals surface area contributed by atoms with E-state index in [-0.39, 0.29) is 18.3 Å². The molecule has 1 heterocycles. The largest absolute Gasteiger partial charge is 0.494 e. The highest BCUT2D eigenvalue weighted by Gasteiger charge is 2.27. The Bertz CT molecular complexity index is 1730. The molecule has 0 fully saturated rings. The molecule has 44 heavy (non-hydrogen) atoms. The van der Waals surface area contributed by atoms with Crippen molar-refractivity contribution in [3.05, 3.63) is 101 Å². The first-order chi connectivity index (χ1) is 21.1. The Morgan fingerprint density at radius 2 is 1.64 bits per heavy atom. The van der Waals surface area contributed by atoms with Crippen LogP contribution < -0.4 is 18.9 Å². The number of fused-ring (bicyclic) bond motifs is 1. The van der Waals surface area contributed by atoms with Gasteiger partial charge in [-0.2, -0.15) is 0 Å². The van der Waals surface area contributed by atoms with E-state index in [0.29, 0.717) is 42.6 Å². The summed E-state index contributed by atoms with van der Waals surface area (Å²) in [5, 5.41) is 0. The van der Waals surface area contributed by atoms with Crippen LogP contribution in [0.4, 0.5) is 0 Å². The fourth-order valence-electron chi connectivity index (χ4n) is 5.23. The summed E-state index contributed by atoms with van der Waals surface area (Å²) in [5.41, 5.74) is 5.69. The van der Waals surface area contributed by atoms with Crippen LogP contribution in [0, 0.1) is 13.8 Å². The maximum absolute atomic E-state index is 11.5. The van der Waals surface area contributed by atoms with Gasteiger partial charge in [-0.3, -0.25) is 4.79 Å². The fraction of sp³-hybridized carbons (Fsp3) is 0.286. The molecule has 0 amide bonds. The highest BCUT2D eigenvalue weighted by Crippen LogP contribution is 2.40. The maximum atomic E-state index is 11.5. The number of ether oxygens (including phenoxy) is 5. The van der Waals surface area contributed by atoms with Crippen LogP contribution in [-0.2, 0) is 26.0 Å². The molecule has 230 valence electrons. The number of sulfone groups is 1. The van der Waals surface area contributed by atoms with Crippen LogP contribution >= 0.6 is 0 Å². The van der Waals surface area contributed by atoms with Crippen molar-refractivity contribution < 1.29 is 36.9 Å². The van der Waals surface area contributed by atoms with Crippen molar-refractivity contribution in [3.8, 4) is 39.9 Å². The van der Waals surface area contributed by atoms with E-state index < -0.39 is 15.9 Å². The zero-order chi connectivity index (χ0) is 31.3. The normalized spacial score (nSPS) is 14.0. The zero-order valence-corrected chi connectivity index (χ0v) is 26.1. The third-order valence-corrected chi connectivity index (χ3v) is 8.18. The average molecular weight is 617 g/mol. The van der Waals surface area contributed by atoms with Crippen molar-refractivity contribution in [3.63, 3.8) is 0 Å². The number of esters is 1. The number of carbonyl (C=O) groups is 1. The number of hydrogen-bond acceptors (Lipinski definition) is 8. The third kappa shape index (κ3) is 7.90. The summed E-state index contributed by atoms with van der Waals surface area (Å²) in [5.74, 6) is 3.15. The second kappa shape index (κ2) is 13.4. The van der Waals surface area contributed by atoms with Gasteiger partial charge in [0.1, 0.15) is 51.8 Å². The van der Waals surface area contributed by atoms with E-state index in [1.54, 1.807) is 0 Å². The Kier molecular flexibility index (Phi) is 9.44. The molecule has 8 nitrogen and oxygen atoms in total. The van der Waals surface area contributed by atoms with E-state index >= 15 is 0 Å². The highest BCUT2D eigenvalue weighted by atomic mass is 32.2. The standard InChI is InChI=1S/C35H36O8S/c1-23-17-29(39-15-8-16-44(4,37)38)18-24(2)35(23)31-19-26(11-14-32(31)43-27-9-6-5-7-10-27)21-40-28-12-13-30-33(20-28)41-22-34(30)42-25(3)36/h5-7,9-14,17-20,34H,8,15-16,21-22H2,1-4H3/t34-/m1/s1. The molecule has 0 aromatic heterocycles. The quantitative estimate of drug-likeness (QED) is 0.122. The molecule has 0 saturated carbocycles. The van der Waals surface area contributed by atoms with Crippen LogP contribution in [0.5, 0.6) is 28.7 Å². The highest BCUT2D eigenvalue weighted by molar-refractivity contribution is 7.90. The monoisotopic (exact) mass is 616 g/mol. The lowest BCUT2D eigenvalue weighted by Gasteiger charge is -2.18. The van der Waals surface area contributed by atoms with Crippen LogP contribution in [0.15, 0.2) is 78.9 Å². The minimum Gasteiger partial charge on any atom is -0.494 e. The van der Waals surface area contributed by atoms with Crippen molar-refractivity contribution in [2.75, 3.05) is 25.2 Å². The first-order valence-corrected chi connectivity index (χ1v) is 16.5. The predicted molar refractivity (Wildman–Crippen MR) is 168 cm³/mol. The minimum atomic E-state index is -3.03. The summed E-state index contributed by atoms with van der Waals surface area (Å²) >= 11 is 0. The van der Waals surface area contributed by atoms with Gasteiger partial charge in [0.05, 0.1) is 12.4 Å². The van der Waals surface area contributed by atoms with Gasteiger partial charge in [0.25, 0.3) is 0 Å². The molecular formula is C35H36O8S. The molecule has 5 rings (SSSR count). The smallest absolute Gasteiger partial charge is 0.303 e. The van der Waals surface area contributed by atoms with Gasteiger partial charge in [0.15, 0.2) is 6.10 Å². The lowest BCUT2D eigenvalue weighted by atomic mass is 9.93. The van der Waals surface area contributed by atoms with Gasteiger partial charge in [-0.25, -0.2) is 8.42 Å². The molecule has 0 aliphatic carbocycles. The van der Waals surface area contributed by atoms with Crippen LogP contribution in [0.3, 0.4) is 0 Å². The molecule has 1 aliphatic rings. The van der Waals surface area contributed by atoms with Gasteiger partial charge in [0, 0.05) is 30.4 Å². The summed E-state index contributed by atoms with van der Waals surface area (Å²) in [4.78, 5) is 11.4. The number of rotatable bonds is 12. The fourth-order valence-corrected chi connectivity index (χ4v) is 5.87.